The minimum Gasteiger partial charge on any atom is -0.248 e. The van der Waals surface area contributed by atoms with Crippen LogP contribution in [-0.2, 0) is 5.41 Å². The van der Waals surface area contributed by atoms with Crippen LogP contribution in [0, 0.1) is 13.8 Å². The lowest BCUT2D eigenvalue weighted by Crippen LogP contribution is -2.10. The van der Waals surface area contributed by atoms with Gasteiger partial charge in [0.2, 0.25) is 0 Å². The molecule has 0 bridgehead atoms. The average Bonchev–Trinajstić information content (AvgIpc) is 2.44. The Kier molecular flexibility index (Phi) is 3.52. The second kappa shape index (κ2) is 5.24. The van der Waals surface area contributed by atoms with Crippen molar-refractivity contribution in [2.45, 2.75) is 40.0 Å². The van der Waals surface area contributed by atoms with Gasteiger partial charge in [0, 0.05) is 10.9 Å². The molecule has 0 fully saturated rings. The van der Waals surface area contributed by atoms with Crippen LogP contribution in [0.2, 0.25) is 0 Å². The van der Waals surface area contributed by atoms with Gasteiger partial charge in [-0.1, -0.05) is 56.2 Å². The van der Waals surface area contributed by atoms with Crippen molar-refractivity contribution in [2.75, 3.05) is 0 Å². The normalized spacial score (nSPS) is 11.9. The van der Waals surface area contributed by atoms with Gasteiger partial charge in [0.05, 0.1) is 11.2 Å². The van der Waals surface area contributed by atoms with Gasteiger partial charge in [-0.05, 0) is 49.1 Å². The van der Waals surface area contributed by atoms with E-state index in [1.165, 1.54) is 27.6 Å². The van der Waals surface area contributed by atoms with Gasteiger partial charge in [0.15, 0.2) is 0 Å². The first-order valence-electron chi connectivity index (χ1n) is 7.83. The molecule has 1 nitrogen and oxygen atoms in total. The average molecular weight is 289 g/mol. The summed E-state index contributed by atoms with van der Waals surface area (Å²) < 4.78 is 0. The molecule has 22 heavy (non-hydrogen) atoms. The van der Waals surface area contributed by atoms with Crippen LogP contribution in [0.5, 0.6) is 0 Å². The number of hydrogen-bond acceptors (Lipinski definition) is 1. The topological polar surface area (TPSA) is 12.9 Å². The number of aryl methyl sites for hydroxylation is 2. The van der Waals surface area contributed by atoms with Gasteiger partial charge in [-0.25, -0.2) is 4.98 Å². The molecule has 3 rings (SSSR count). The summed E-state index contributed by atoms with van der Waals surface area (Å²) in [7, 11) is 0. The molecule has 1 heterocycles. The highest BCUT2D eigenvalue weighted by Crippen LogP contribution is 2.27. The lowest BCUT2D eigenvalue weighted by Gasteiger charge is -2.19. The van der Waals surface area contributed by atoms with Crippen molar-refractivity contribution in [3.05, 3.63) is 65.2 Å². The zero-order valence-electron chi connectivity index (χ0n) is 14.1. The summed E-state index contributed by atoms with van der Waals surface area (Å²) in [4.78, 5) is 4.90. The number of nitrogens with zero attached hydrogens (tertiary/aromatic N) is 1. The molecule has 0 atom stereocenters. The highest BCUT2D eigenvalue weighted by molar-refractivity contribution is 5.82. The van der Waals surface area contributed by atoms with Gasteiger partial charge < -0.3 is 0 Å². The van der Waals surface area contributed by atoms with Crippen LogP contribution in [0.1, 0.15) is 37.5 Å². The maximum absolute atomic E-state index is 4.90. The lowest BCUT2D eigenvalue weighted by molar-refractivity contribution is 0.591. The summed E-state index contributed by atoms with van der Waals surface area (Å²) in [5.74, 6) is 0. The third-order valence-corrected chi connectivity index (χ3v) is 4.08. The van der Waals surface area contributed by atoms with Crippen molar-refractivity contribution in [1.29, 1.82) is 0 Å². The third kappa shape index (κ3) is 2.89. The van der Waals surface area contributed by atoms with Gasteiger partial charge >= 0.3 is 0 Å². The summed E-state index contributed by atoms with van der Waals surface area (Å²) in [5.41, 5.74) is 7.34. The van der Waals surface area contributed by atoms with Crippen molar-refractivity contribution in [3.63, 3.8) is 0 Å². The molecule has 0 N–H and O–H groups in total. The van der Waals surface area contributed by atoms with E-state index >= 15 is 0 Å². The molecule has 1 aromatic heterocycles. The van der Waals surface area contributed by atoms with E-state index in [0.717, 1.165) is 11.2 Å². The van der Waals surface area contributed by atoms with Crippen LogP contribution in [0.3, 0.4) is 0 Å². The quantitative estimate of drug-likeness (QED) is 0.550. The fraction of sp³-hybridized carbons (Fsp3) is 0.286. The van der Waals surface area contributed by atoms with E-state index in [1.54, 1.807) is 0 Å². The van der Waals surface area contributed by atoms with Crippen LogP contribution in [0.15, 0.2) is 48.5 Å². The molecule has 0 saturated heterocycles. The molecule has 0 unspecified atom stereocenters. The summed E-state index contributed by atoms with van der Waals surface area (Å²) in [6.07, 6.45) is 0. The van der Waals surface area contributed by atoms with Crippen molar-refractivity contribution in [2.24, 2.45) is 0 Å². The Labute approximate surface area is 133 Å². The molecule has 112 valence electrons. The van der Waals surface area contributed by atoms with E-state index in [2.05, 4.69) is 83.1 Å². The zero-order chi connectivity index (χ0) is 15.9. The maximum atomic E-state index is 4.90. The first-order valence-corrected chi connectivity index (χ1v) is 7.83. The van der Waals surface area contributed by atoms with Crippen LogP contribution in [0.25, 0.3) is 22.2 Å². The summed E-state index contributed by atoms with van der Waals surface area (Å²) in [5, 5.41) is 1.20. The SMILES string of the molecule is Cc1cc(C)cc(-c2ccc3ccc(C(C)(C)C)cc3n2)c1. The van der Waals surface area contributed by atoms with E-state index in [0.29, 0.717) is 0 Å². The predicted molar refractivity (Wildman–Crippen MR) is 95.4 cm³/mol. The predicted octanol–water partition coefficient (Wildman–Crippen LogP) is 5.82. The van der Waals surface area contributed by atoms with Crippen LogP contribution >= 0.6 is 0 Å². The molecule has 3 aromatic rings. The van der Waals surface area contributed by atoms with Gasteiger partial charge in [-0.3, -0.25) is 0 Å². The third-order valence-electron chi connectivity index (χ3n) is 4.08. The Morgan fingerprint density at radius 3 is 2.05 bits per heavy atom. The molecule has 0 amide bonds. The van der Waals surface area contributed by atoms with E-state index < -0.39 is 0 Å². The van der Waals surface area contributed by atoms with E-state index in [9.17, 15) is 0 Å². The Morgan fingerprint density at radius 2 is 1.41 bits per heavy atom. The Bertz CT molecular complexity index is 818. The molecule has 2 aromatic carbocycles. The van der Waals surface area contributed by atoms with Crippen LogP contribution in [0.4, 0.5) is 0 Å². The molecule has 0 saturated carbocycles. The lowest BCUT2D eigenvalue weighted by atomic mass is 9.86. The summed E-state index contributed by atoms with van der Waals surface area (Å²) in [6.45, 7) is 11.0. The minimum atomic E-state index is 0.145. The Hall–Kier alpha value is -2.15. The van der Waals surface area contributed by atoms with Gasteiger partial charge in [-0.15, -0.1) is 0 Å². The number of fused-ring (bicyclic) bond motifs is 1. The van der Waals surface area contributed by atoms with E-state index in [4.69, 9.17) is 4.98 Å². The maximum Gasteiger partial charge on any atom is 0.0712 e. The number of aromatic nitrogens is 1. The second-order valence-electron chi connectivity index (χ2n) is 7.23. The standard InChI is InChI=1S/C21H23N/c1-14-10-15(2)12-17(11-14)19-9-7-16-6-8-18(21(3,4)5)13-20(16)22-19/h6-13H,1-5H3. The van der Waals surface area contributed by atoms with E-state index in [-0.39, 0.29) is 5.41 Å². The highest BCUT2D eigenvalue weighted by atomic mass is 14.7. The Balaban J connectivity index is 2.15. The van der Waals surface area contributed by atoms with Crippen molar-refractivity contribution in [1.82, 2.24) is 4.98 Å². The molecule has 0 aliphatic heterocycles. The van der Waals surface area contributed by atoms with Crippen LogP contribution in [-0.4, -0.2) is 4.98 Å². The molecule has 0 aliphatic rings. The zero-order valence-corrected chi connectivity index (χ0v) is 14.1. The molecule has 0 radical (unpaired) electrons. The van der Waals surface area contributed by atoms with E-state index in [1.807, 2.05) is 0 Å². The minimum absolute atomic E-state index is 0.145. The molecule has 0 spiro atoms. The highest BCUT2D eigenvalue weighted by Gasteiger charge is 2.14. The molecule has 1 heteroatoms. The van der Waals surface area contributed by atoms with Gasteiger partial charge in [0.25, 0.3) is 0 Å². The molecule has 0 aliphatic carbocycles. The first kappa shape index (κ1) is 14.8. The number of rotatable bonds is 1. The number of benzene rings is 2. The van der Waals surface area contributed by atoms with Crippen molar-refractivity contribution in [3.8, 4) is 11.3 Å². The van der Waals surface area contributed by atoms with Crippen molar-refractivity contribution >= 4 is 10.9 Å². The largest absolute Gasteiger partial charge is 0.248 e. The van der Waals surface area contributed by atoms with Gasteiger partial charge in [-0.2, -0.15) is 0 Å². The summed E-state index contributed by atoms with van der Waals surface area (Å²) >= 11 is 0. The van der Waals surface area contributed by atoms with Crippen molar-refractivity contribution < 1.29 is 0 Å². The first-order chi connectivity index (χ1) is 10.3. The number of pyridine rings is 1. The monoisotopic (exact) mass is 289 g/mol. The fourth-order valence-corrected chi connectivity index (χ4v) is 2.87. The Morgan fingerprint density at radius 1 is 0.773 bits per heavy atom. The second-order valence-corrected chi connectivity index (χ2v) is 7.23. The van der Waals surface area contributed by atoms with Gasteiger partial charge in [0.1, 0.15) is 0 Å². The van der Waals surface area contributed by atoms with Crippen LogP contribution < -0.4 is 0 Å². The molecular formula is C21H23N. The smallest absolute Gasteiger partial charge is 0.0712 e. The summed E-state index contributed by atoms with van der Waals surface area (Å²) in [6, 6.07) is 17.5. The fourth-order valence-electron chi connectivity index (χ4n) is 2.87. The molecular weight excluding hydrogens is 266 g/mol. The number of hydrogen-bond donors (Lipinski definition) is 0.